The molecule has 0 bridgehead atoms. The summed E-state index contributed by atoms with van der Waals surface area (Å²) in [5.41, 5.74) is 5.25. The van der Waals surface area contributed by atoms with Crippen molar-refractivity contribution in [2.24, 2.45) is 11.7 Å². The number of halogens is 3. The van der Waals surface area contributed by atoms with Crippen molar-refractivity contribution in [1.82, 2.24) is 0 Å². The number of carbonyl (C=O) groups is 1. The molecule has 1 aromatic carbocycles. The summed E-state index contributed by atoms with van der Waals surface area (Å²) in [6, 6.07) is 3.18. The van der Waals surface area contributed by atoms with Crippen LogP contribution in [-0.4, -0.2) is 10.9 Å². The molecule has 1 aromatic rings. The van der Waals surface area contributed by atoms with E-state index in [1.54, 1.807) is 13.8 Å². The average Bonchev–Trinajstić information content (AvgIpc) is 2.30. The summed E-state index contributed by atoms with van der Waals surface area (Å²) in [6.45, 7) is 3.33. The van der Waals surface area contributed by atoms with Crippen molar-refractivity contribution >= 4 is 28.8 Å². The van der Waals surface area contributed by atoms with Crippen LogP contribution < -0.4 is 11.1 Å². The van der Waals surface area contributed by atoms with Gasteiger partial charge < -0.3 is 11.1 Å². The van der Waals surface area contributed by atoms with Gasteiger partial charge in [0.25, 0.3) is 0 Å². The second-order valence-electron chi connectivity index (χ2n) is 4.38. The molecular weight excluding hydrogens is 289 g/mol. The number of rotatable bonds is 4. The minimum atomic E-state index is -4.46. The molecule has 0 saturated carbocycles. The molecule has 1 rings (SSSR count). The Morgan fingerprint density at radius 3 is 2.50 bits per heavy atom. The number of anilines is 1. The van der Waals surface area contributed by atoms with Gasteiger partial charge in [0.05, 0.1) is 16.5 Å². The monoisotopic (exact) mass is 304 g/mol. The molecular formula is C13H15F3N2OS. The first-order valence-corrected chi connectivity index (χ1v) is 6.35. The van der Waals surface area contributed by atoms with Gasteiger partial charge in [0.1, 0.15) is 0 Å². The number of alkyl halides is 3. The summed E-state index contributed by atoms with van der Waals surface area (Å²) in [5, 5.41) is 2.45. The van der Waals surface area contributed by atoms with E-state index < -0.39 is 23.6 Å². The lowest BCUT2D eigenvalue weighted by atomic mass is 10.0. The predicted molar refractivity (Wildman–Crippen MR) is 75.4 cm³/mol. The first kappa shape index (κ1) is 16.4. The van der Waals surface area contributed by atoms with Gasteiger partial charge in [0.2, 0.25) is 5.91 Å². The summed E-state index contributed by atoms with van der Waals surface area (Å²) in [7, 11) is 0. The van der Waals surface area contributed by atoms with Crippen LogP contribution in [0.1, 0.15) is 24.5 Å². The van der Waals surface area contributed by atoms with E-state index in [0.29, 0.717) is 12.0 Å². The zero-order valence-electron chi connectivity index (χ0n) is 11.0. The predicted octanol–water partition coefficient (Wildman–Crippen LogP) is 3.26. The summed E-state index contributed by atoms with van der Waals surface area (Å²) in [4.78, 5) is 12.0. The molecule has 3 N–H and O–H groups in total. The van der Waals surface area contributed by atoms with Gasteiger partial charge in [0, 0.05) is 5.69 Å². The summed E-state index contributed by atoms with van der Waals surface area (Å²) in [5.74, 6) is -1.19. The second-order valence-corrected chi connectivity index (χ2v) is 4.85. The number of hydrogen-bond acceptors (Lipinski definition) is 2. The molecule has 1 atom stereocenters. The number of thiocarbonyl (C=S) groups is 1. The van der Waals surface area contributed by atoms with Gasteiger partial charge in [-0.15, -0.1) is 0 Å². The van der Waals surface area contributed by atoms with E-state index in [1.807, 2.05) is 0 Å². The standard InChI is InChI=1S/C13H15F3N2OS/c1-3-9(11(17)20)12(19)18-10-6-8(13(14,15)16)5-4-7(10)2/h4-6,9H,3H2,1-2H3,(H2,17,20)(H,18,19). The van der Waals surface area contributed by atoms with Crippen molar-refractivity contribution in [3.05, 3.63) is 29.3 Å². The fourth-order valence-electron chi connectivity index (χ4n) is 1.67. The molecule has 1 amide bonds. The SMILES string of the molecule is CCC(C(=O)Nc1cc(C(F)(F)F)ccc1C)C(N)=S. The largest absolute Gasteiger partial charge is 0.416 e. The van der Waals surface area contributed by atoms with Crippen LogP contribution in [0.5, 0.6) is 0 Å². The molecule has 7 heteroatoms. The maximum atomic E-state index is 12.6. The molecule has 20 heavy (non-hydrogen) atoms. The Bertz CT molecular complexity index is 529. The first-order chi connectivity index (χ1) is 9.16. The molecule has 0 heterocycles. The van der Waals surface area contributed by atoms with Crippen LogP contribution in [0.2, 0.25) is 0 Å². The van der Waals surface area contributed by atoms with E-state index in [2.05, 4.69) is 5.32 Å². The second kappa shape index (κ2) is 6.21. The zero-order chi connectivity index (χ0) is 15.5. The van der Waals surface area contributed by atoms with E-state index in [1.165, 1.54) is 6.07 Å². The first-order valence-electron chi connectivity index (χ1n) is 5.94. The molecule has 0 fully saturated rings. The smallest absolute Gasteiger partial charge is 0.393 e. The van der Waals surface area contributed by atoms with Crippen molar-refractivity contribution in [1.29, 1.82) is 0 Å². The molecule has 0 spiro atoms. The fraction of sp³-hybridized carbons (Fsp3) is 0.385. The highest BCUT2D eigenvalue weighted by molar-refractivity contribution is 7.80. The molecule has 1 unspecified atom stereocenters. The Morgan fingerprint density at radius 2 is 2.05 bits per heavy atom. The van der Waals surface area contributed by atoms with Crippen molar-refractivity contribution in [3.8, 4) is 0 Å². The van der Waals surface area contributed by atoms with Gasteiger partial charge in [-0.25, -0.2) is 0 Å². The molecule has 0 aliphatic rings. The molecule has 3 nitrogen and oxygen atoms in total. The highest BCUT2D eigenvalue weighted by Gasteiger charge is 2.31. The van der Waals surface area contributed by atoms with Crippen molar-refractivity contribution < 1.29 is 18.0 Å². The van der Waals surface area contributed by atoms with Gasteiger partial charge in [0.15, 0.2) is 0 Å². The summed E-state index contributed by atoms with van der Waals surface area (Å²) >= 11 is 4.76. The number of carbonyl (C=O) groups excluding carboxylic acids is 1. The minimum Gasteiger partial charge on any atom is -0.393 e. The number of hydrogen-bond donors (Lipinski definition) is 2. The quantitative estimate of drug-likeness (QED) is 0.839. The van der Waals surface area contributed by atoms with Gasteiger partial charge >= 0.3 is 6.18 Å². The molecule has 0 aliphatic heterocycles. The van der Waals surface area contributed by atoms with Crippen molar-refractivity contribution in [2.75, 3.05) is 5.32 Å². The van der Waals surface area contributed by atoms with Gasteiger partial charge in [-0.1, -0.05) is 25.2 Å². The van der Waals surface area contributed by atoms with Crippen LogP contribution in [-0.2, 0) is 11.0 Å². The van der Waals surface area contributed by atoms with Crippen molar-refractivity contribution in [3.63, 3.8) is 0 Å². The summed E-state index contributed by atoms with van der Waals surface area (Å²) < 4.78 is 37.9. The van der Waals surface area contributed by atoms with E-state index in [-0.39, 0.29) is 10.7 Å². The topological polar surface area (TPSA) is 55.1 Å². The third kappa shape index (κ3) is 3.93. The summed E-state index contributed by atoms with van der Waals surface area (Å²) in [6.07, 6.45) is -4.07. The molecule has 0 radical (unpaired) electrons. The number of nitrogens with two attached hydrogens (primary N) is 1. The molecule has 0 saturated heterocycles. The Hall–Kier alpha value is -1.63. The lowest BCUT2D eigenvalue weighted by Crippen LogP contribution is -2.32. The number of nitrogens with one attached hydrogen (secondary N) is 1. The van der Waals surface area contributed by atoms with Gasteiger partial charge in [-0.3, -0.25) is 4.79 Å². The third-order valence-corrected chi connectivity index (χ3v) is 3.18. The minimum absolute atomic E-state index is 0.0228. The normalized spacial score (nSPS) is 12.8. The van der Waals surface area contributed by atoms with Gasteiger partial charge in [-0.05, 0) is 31.0 Å². The van der Waals surface area contributed by atoms with Crippen LogP contribution >= 0.6 is 12.2 Å². The lowest BCUT2D eigenvalue weighted by Gasteiger charge is -2.16. The lowest BCUT2D eigenvalue weighted by molar-refractivity contribution is -0.137. The number of benzene rings is 1. The Balaban J connectivity index is 3.03. The maximum Gasteiger partial charge on any atom is 0.416 e. The van der Waals surface area contributed by atoms with Crippen LogP contribution in [0.3, 0.4) is 0 Å². The fourth-order valence-corrected chi connectivity index (χ4v) is 1.94. The zero-order valence-corrected chi connectivity index (χ0v) is 11.9. The third-order valence-electron chi connectivity index (χ3n) is 2.89. The van der Waals surface area contributed by atoms with Crippen LogP contribution in [0.15, 0.2) is 18.2 Å². The van der Waals surface area contributed by atoms with Crippen LogP contribution in [0.25, 0.3) is 0 Å². The van der Waals surface area contributed by atoms with Crippen LogP contribution in [0.4, 0.5) is 18.9 Å². The van der Waals surface area contributed by atoms with E-state index >= 15 is 0 Å². The maximum absolute atomic E-state index is 12.6. The van der Waals surface area contributed by atoms with Crippen LogP contribution in [0, 0.1) is 12.8 Å². The highest BCUT2D eigenvalue weighted by Crippen LogP contribution is 2.32. The molecule has 0 aromatic heterocycles. The Morgan fingerprint density at radius 1 is 1.45 bits per heavy atom. The number of amides is 1. The van der Waals surface area contributed by atoms with E-state index in [9.17, 15) is 18.0 Å². The van der Waals surface area contributed by atoms with Gasteiger partial charge in [-0.2, -0.15) is 13.2 Å². The Kier molecular flexibility index (Phi) is 5.10. The Labute approximate surface area is 120 Å². The van der Waals surface area contributed by atoms with Crippen molar-refractivity contribution in [2.45, 2.75) is 26.4 Å². The highest BCUT2D eigenvalue weighted by atomic mass is 32.1. The van der Waals surface area contributed by atoms with E-state index in [4.69, 9.17) is 18.0 Å². The number of aryl methyl sites for hydroxylation is 1. The molecule has 0 aliphatic carbocycles. The van der Waals surface area contributed by atoms with E-state index in [0.717, 1.165) is 12.1 Å². The molecule has 110 valence electrons. The average molecular weight is 304 g/mol.